The number of benzene rings is 2. The third kappa shape index (κ3) is 7.06. The van der Waals surface area contributed by atoms with Crippen LogP contribution in [0.25, 0.3) is 0 Å². The fourth-order valence-electron chi connectivity index (χ4n) is 1.37. The molecule has 0 aliphatic rings. The topological polar surface area (TPSA) is 64.3 Å². The van der Waals surface area contributed by atoms with E-state index in [-0.39, 0.29) is 6.09 Å². The van der Waals surface area contributed by atoms with Crippen LogP contribution in [-0.4, -0.2) is 12.6 Å². The lowest BCUT2D eigenvalue weighted by atomic mass is 10.2. The van der Waals surface area contributed by atoms with E-state index >= 15 is 0 Å². The number of nitrogens with two attached hydrogens (primary N) is 1. The average Bonchev–Trinajstić information content (AvgIpc) is 2.48. The first-order chi connectivity index (χ1) is 9.72. The van der Waals surface area contributed by atoms with Crippen LogP contribution in [0.3, 0.4) is 0 Å². The number of hydrogen-bond acceptors (Lipinski definition) is 3. The quantitative estimate of drug-likeness (QED) is 0.843. The molecule has 20 heavy (non-hydrogen) atoms. The van der Waals surface area contributed by atoms with Gasteiger partial charge in [0.25, 0.3) is 0 Å². The average molecular weight is 272 g/mol. The first-order valence-corrected chi connectivity index (χ1v) is 6.47. The minimum atomic E-state index is -0.369. The Morgan fingerprint density at radius 2 is 1.60 bits per heavy atom. The van der Waals surface area contributed by atoms with Crippen LogP contribution in [0.15, 0.2) is 60.7 Å². The van der Waals surface area contributed by atoms with Crippen LogP contribution in [0.4, 0.5) is 10.5 Å². The molecule has 1 amide bonds. The van der Waals surface area contributed by atoms with E-state index in [0.717, 1.165) is 11.3 Å². The maximum absolute atomic E-state index is 10.9. The van der Waals surface area contributed by atoms with Gasteiger partial charge in [-0.2, -0.15) is 0 Å². The molecule has 0 aromatic heterocycles. The van der Waals surface area contributed by atoms with E-state index in [1.165, 1.54) is 0 Å². The molecule has 106 valence electrons. The van der Waals surface area contributed by atoms with Gasteiger partial charge in [0.2, 0.25) is 0 Å². The summed E-state index contributed by atoms with van der Waals surface area (Å²) >= 11 is 0. The Kier molecular flexibility index (Phi) is 7.35. The molecule has 3 N–H and O–H groups in total. The van der Waals surface area contributed by atoms with Gasteiger partial charge in [0.15, 0.2) is 0 Å². The number of rotatable bonds is 3. The number of carbonyl (C=O) groups excluding carboxylic acids is 1. The minimum absolute atomic E-state index is 0.326. The third-order valence-corrected chi connectivity index (χ3v) is 2.33. The van der Waals surface area contributed by atoms with Gasteiger partial charge >= 0.3 is 6.09 Å². The molecule has 0 unspecified atom stereocenters. The van der Waals surface area contributed by atoms with Crippen molar-refractivity contribution in [2.75, 3.05) is 12.3 Å². The summed E-state index contributed by atoms with van der Waals surface area (Å²) in [5.41, 5.74) is 7.17. The summed E-state index contributed by atoms with van der Waals surface area (Å²) in [6.07, 6.45) is -0.369. The number of ether oxygens (including phenoxy) is 1. The number of amides is 1. The van der Waals surface area contributed by atoms with Crippen molar-refractivity contribution in [2.24, 2.45) is 0 Å². The molecule has 2 aromatic carbocycles. The van der Waals surface area contributed by atoms with Gasteiger partial charge in [-0.1, -0.05) is 48.5 Å². The van der Waals surface area contributed by atoms with Crippen LogP contribution in [-0.2, 0) is 11.3 Å². The van der Waals surface area contributed by atoms with Crippen molar-refractivity contribution in [3.05, 3.63) is 66.2 Å². The molecule has 0 aliphatic heterocycles. The Morgan fingerprint density at radius 3 is 2.05 bits per heavy atom. The lowest BCUT2D eigenvalue weighted by molar-refractivity contribution is 0.140. The zero-order valence-electron chi connectivity index (χ0n) is 11.6. The Hall–Kier alpha value is -2.49. The van der Waals surface area contributed by atoms with E-state index in [1.54, 1.807) is 0 Å². The molecule has 2 aromatic rings. The molecule has 0 aliphatic carbocycles. The molecular weight excluding hydrogens is 252 g/mol. The second-order valence-electron chi connectivity index (χ2n) is 4.00. The Bertz CT molecular complexity index is 486. The van der Waals surface area contributed by atoms with Crippen molar-refractivity contribution < 1.29 is 9.53 Å². The fourth-order valence-corrected chi connectivity index (χ4v) is 1.37. The maximum atomic E-state index is 10.9. The summed E-state index contributed by atoms with van der Waals surface area (Å²) in [5, 5.41) is 2.55. The van der Waals surface area contributed by atoms with Crippen molar-refractivity contribution in [1.29, 1.82) is 0 Å². The van der Waals surface area contributed by atoms with Gasteiger partial charge < -0.3 is 15.8 Å². The number of para-hydroxylation sites is 1. The van der Waals surface area contributed by atoms with E-state index in [1.807, 2.05) is 67.6 Å². The molecule has 4 heteroatoms. The van der Waals surface area contributed by atoms with Crippen molar-refractivity contribution >= 4 is 11.8 Å². The van der Waals surface area contributed by atoms with Crippen molar-refractivity contribution in [3.63, 3.8) is 0 Å². The van der Waals surface area contributed by atoms with E-state index in [0.29, 0.717) is 13.2 Å². The Balaban J connectivity index is 0.000000240. The summed E-state index contributed by atoms with van der Waals surface area (Å²) in [5.74, 6) is 0. The molecule has 4 nitrogen and oxygen atoms in total. The summed E-state index contributed by atoms with van der Waals surface area (Å²) in [6, 6.07) is 19.1. The lowest BCUT2D eigenvalue weighted by Crippen LogP contribution is -2.23. The zero-order chi connectivity index (χ0) is 14.6. The number of nitrogen functional groups attached to an aromatic ring is 1. The summed E-state index contributed by atoms with van der Waals surface area (Å²) < 4.78 is 4.92. The van der Waals surface area contributed by atoms with Gasteiger partial charge in [0, 0.05) is 12.2 Å². The van der Waals surface area contributed by atoms with Gasteiger partial charge in [-0.15, -0.1) is 0 Å². The number of nitrogens with one attached hydrogen (secondary N) is 1. The fraction of sp³-hybridized carbons (Fsp3) is 0.188. The van der Waals surface area contributed by atoms with Crippen molar-refractivity contribution in [1.82, 2.24) is 5.32 Å². The molecule has 0 heterocycles. The molecule has 0 radical (unpaired) electrons. The highest BCUT2D eigenvalue weighted by molar-refractivity contribution is 5.66. The van der Waals surface area contributed by atoms with E-state index in [9.17, 15) is 4.79 Å². The smallest absolute Gasteiger partial charge is 0.407 e. The van der Waals surface area contributed by atoms with Crippen LogP contribution >= 0.6 is 0 Å². The molecule has 2 rings (SSSR count). The number of alkyl carbamates (subject to hydrolysis) is 1. The number of anilines is 1. The minimum Gasteiger partial charge on any atom is -0.445 e. The molecule has 0 saturated heterocycles. The van der Waals surface area contributed by atoms with Gasteiger partial charge in [-0.3, -0.25) is 0 Å². The highest BCUT2D eigenvalue weighted by Gasteiger charge is 1.98. The summed E-state index contributed by atoms with van der Waals surface area (Å²) in [6.45, 7) is 2.77. The van der Waals surface area contributed by atoms with Crippen LogP contribution in [0.2, 0.25) is 0 Å². The van der Waals surface area contributed by atoms with Crippen LogP contribution in [0.1, 0.15) is 12.5 Å². The Morgan fingerprint density at radius 1 is 1.05 bits per heavy atom. The van der Waals surface area contributed by atoms with E-state index in [2.05, 4.69) is 5.32 Å². The normalized spacial score (nSPS) is 9.05. The second-order valence-corrected chi connectivity index (χ2v) is 4.00. The van der Waals surface area contributed by atoms with Gasteiger partial charge in [0.05, 0.1) is 0 Å². The van der Waals surface area contributed by atoms with Gasteiger partial charge in [0.1, 0.15) is 6.61 Å². The number of hydrogen-bond donors (Lipinski definition) is 2. The van der Waals surface area contributed by atoms with Crippen molar-refractivity contribution in [3.8, 4) is 0 Å². The van der Waals surface area contributed by atoms with Crippen LogP contribution in [0, 0.1) is 0 Å². The summed E-state index contributed by atoms with van der Waals surface area (Å²) in [7, 11) is 0. The molecule has 0 saturated carbocycles. The van der Waals surface area contributed by atoms with E-state index < -0.39 is 0 Å². The van der Waals surface area contributed by atoms with Gasteiger partial charge in [-0.05, 0) is 24.6 Å². The standard InChI is InChI=1S/C10H13NO2.C6H7N/c1-2-11-10(12)13-8-9-6-4-3-5-7-9;7-6-4-2-1-3-5-6/h3-7H,2,8H2,1H3,(H,11,12);1-5H,7H2. The molecule has 0 bridgehead atoms. The predicted molar refractivity (Wildman–Crippen MR) is 81.2 cm³/mol. The highest BCUT2D eigenvalue weighted by atomic mass is 16.5. The summed E-state index contributed by atoms with van der Waals surface area (Å²) in [4.78, 5) is 10.9. The molecular formula is C16H20N2O2. The highest BCUT2D eigenvalue weighted by Crippen LogP contribution is 2.00. The zero-order valence-corrected chi connectivity index (χ0v) is 11.6. The van der Waals surface area contributed by atoms with Crippen LogP contribution < -0.4 is 11.1 Å². The monoisotopic (exact) mass is 272 g/mol. The largest absolute Gasteiger partial charge is 0.445 e. The SMILES string of the molecule is CCNC(=O)OCc1ccccc1.Nc1ccccc1. The number of carbonyl (C=O) groups is 1. The first-order valence-electron chi connectivity index (χ1n) is 6.47. The van der Waals surface area contributed by atoms with Crippen LogP contribution in [0.5, 0.6) is 0 Å². The van der Waals surface area contributed by atoms with Crippen molar-refractivity contribution in [2.45, 2.75) is 13.5 Å². The second kappa shape index (κ2) is 9.44. The molecule has 0 fully saturated rings. The maximum Gasteiger partial charge on any atom is 0.407 e. The molecule has 0 spiro atoms. The lowest BCUT2D eigenvalue weighted by Gasteiger charge is -2.04. The van der Waals surface area contributed by atoms with E-state index in [4.69, 9.17) is 10.5 Å². The Labute approximate surface area is 119 Å². The predicted octanol–water partition coefficient (Wildman–Crippen LogP) is 3.20. The molecule has 0 atom stereocenters. The van der Waals surface area contributed by atoms with Gasteiger partial charge in [-0.25, -0.2) is 4.79 Å². The third-order valence-electron chi connectivity index (χ3n) is 2.33. The first kappa shape index (κ1) is 15.6.